The SMILES string of the molecule is CCOP(=O)(Oc1ccc2c(c1)OCO2)Sc1ccccc1. The van der Waals surface area contributed by atoms with Crippen molar-refractivity contribution in [2.45, 2.75) is 11.8 Å². The highest BCUT2D eigenvalue weighted by molar-refractivity contribution is 8.55. The molecule has 3 rings (SSSR count). The molecule has 2 aromatic rings. The molecule has 0 aromatic heterocycles. The molecule has 7 heteroatoms. The van der Waals surface area contributed by atoms with Crippen LogP contribution in [0.5, 0.6) is 17.2 Å². The summed E-state index contributed by atoms with van der Waals surface area (Å²) in [7, 11) is 0. The Labute approximate surface area is 132 Å². The van der Waals surface area contributed by atoms with Gasteiger partial charge >= 0.3 is 6.80 Å². The van der Waals surface area contributed by atoms with Gasteiger partial charge in [-0.05, 0) is 31.2 Å². The second kappa shape index (κ2) is 6.65. The van der Waals surface area contributed by atoms with Crippen LogP contribution in [-0.2, 0) is 9.09 Å². The maximum Gasteiger partial charge on any atom is 0.444 e. The maximum atomic E-state index is 12.9. The lowest BCUT2D eigenvalue weighted by Crippen LogP contribution is -1.95. The van der Waals surface area contributed by atoms with E-state index in [0.717, 1.165) is 16.3 Å². The average Bonchev–Trinajstić information content (AvgIpc) is 2.95. The molecule has 2 aromatic carbocycles. The number of benzene rings is 2. The highest BCUT2D eigenvalue weighted by Crippen LogP contribution is 2.63. The van der Waals surface area contributed by atoms with Gasteiger partial charge in [0, 0.05) is 22.3 Å². The summed E-state index contributed by atoms with van der Waals surface area (Å²) in [5.74, 6) is 1.64. The molecular weight excluding hydrogens is 323 g/mol. The summed E-state index contributed by atoms with van der Waals surface area (Å²) >= 11 is 1.08. The summed E-state index contributed by atoms with van der Waals surface area (Å²) < 4.78 is 34.4. The van der Waals surface area contributed by atoms with E-state index in [1.165, 1.54) is 0 Å². The summed E-state index contributed by atoms with van der Waals surface area (Å²) in [5, 5.41) is 0. The van der Waals surface area contributed by atoms with Crippen molar-refractivity contribution < 1.29 is 23.1 Å². The lowest BCUT2D eigenvalue weighted by molar-refractivity contribution is 0.174. The largest absolute Gasteiger partial charge is 0.454 e. The Morgan fingerprint density at radius 3 is 2.68 bits per heavy atom. The molecule has 0 aliphatic carbocycles. The molecule has 1 aliphatic heterocycles. The van der Waals surface area contributed by atoms with Crippen molar-refractivity contribution in [2.75, 3.05) is 13.4 Å². The van der Waals surface area contributed by atoms with Crippen LogP contribution in [0, 0.1) is 0 Å². The molecule has 1 atom stereocenters. The molecule has 5 nitrogen and oxygen atoms in total. The molecular formula is C15H15O5PS. The smallest absolute Gasteiger partial charge is 0.444 e. The molecule has 1 heterocycles. The molecule has 0 saturated heterocycles. The van der Waals surface area contributed by atoms with Gasteiger partial charge in [-0.1, -0.05) is 18.2 Å². The van der Waals surface area contributed by atoms with Gasteiger partial charge in [-0.25, -0.2) is 4.57 Å². The Balaban J connectivity index is 1.80. The molecule has 1 unspecified atom stereocenters. The average molecular weight is 338 g/mol. The molecule has 0 fully saturated rings. The van der Waals surface area contributed by atoms with Gasteiger partial charge in [0.2, 0.25) is 6.79 Å². The van der Waals surface area contributed by atoms with Gasteiger partial charge in [0.25, 0.3) is 0 Å². The summed E-state index contributed by atoms with van der Waals surface area (Å²) in [6.07, 6.45) is 0. The van der Waals surface area contributed by atoms with Crippen LogP contribution in [0.4, 0.5) is 0 Å². The van der Waals surface area contributed by atoms with E-state index < -0.39 is 6.80 Å². The molecule has 0 radical (unpaired) electrons. The highest BCUT2D eigenvalue weighted by atomic mass is 32.7. The molecule has 0 saturated carbocycles. The van der Waals surface area contributed by atoms with E-state index in [4.69, 9.17) is 18.5 Å². The van der Waals surface area contributed by atoms with E-state index >= 15 is 0 Å². The Morgan fingerprint density at radius 2 is 1.91 bits per heavy atom. The molecule has 0 N–H and O–H groups in total. The molecule has 0 amide bonds. The van der Waals surface area contributed by atoms with Crippen molar-refractivity contribution in [1.29, 1.82) is 0 Å². The second-order valence-electron chi connectivity index (χ2n) is 4.38. The lowest BCUT2D eigenvalue weighted by Gasteiger charge is -2.17. The summed E-state index contributed by atoms with van der Waals surface area (Å²) in [6, 6.07) is 14.4. The van der Waals surface area contributed by atoms with E-state index in [2.05, 4.69) is 0 Å². The fourth-order valence-electron chi connectivity index (χ4n) is 1.90. The first-order valence-corrected chi connectivity index (χ1v) is 9.73. The number of ether oxygens (including phenoxy) is 2. The fraction of sp³-hybridized carbons (Fsp3) is 0.200. The van der Waals surface area contributed by atoms with Gasteiger partial charge in [-0.15, -0.1) is 0 Å². The third-order valence-corrected chi connectivity index (χ3v) is 6.37. The third kappa shape index (κ3) is 3.58. The van der Waals surface area contributed by atoms with Crippen LogP contribution in [0.1, 0.15) is 6.92 Å². The highest BCUT2D eigenvalue weighted by Gasteiger charge is 2.29. The predicted molar refractivity (Wildman–Crippen MR) is 84.7 cm³/mol. The van der Waals surface area contributed by atoms with Crippen molar-refractivity contribution in [2.24, 2.45) is 0 Å². The quantitative estimate of drug-likeness (QED) is 0.710. The topological polar surface area (TPSA) is 54.0 Å². The Hall–Kier alpha value is -1.62. The van der Waals surface area contributed by atoms with Crippen LogP contribution in [0.25, 0.3) is 0 Å². The van der Waals surface area contributed by atoms with E-state index in [9.17, 15) is 4.57 Å². The van der Waals surface area contributed by atoms with Gasteiger partial charge in [0.15, 0.2) is 11.5 Å². The zero-order valence-electron chi connectivity index (χ0n) is 11.9. The van der Waals surface area contributed by atoms with Crippen molar-refractivity contribution in [3.05, 3.63) is 48.5 Å². The van der Waals surface area contributed by atoms with Crippen molar-refractivity contribution in [3.8, 4) is 17.2 Å². The zero-order valence-corrected chi connectivity index (χ0v) is 13.6. The van der Waals surface area contributed by atoms with Crippen molar-refractivity contribution in [3.63, 3.8) is 0 Å². The van der Waals surface area contributed by atoms with Gasteiger partial charge in [-0.3, -0.25) is 4.52 Å². The van der Waals surface area contributed by atoms with E-state index in [0.29, 0.717) is 23.9 Å². The first-order valence-electron chi connectivity index (χ1n) is 6.77. The molecule has 0 bridgehead atoms. The van der Waals surface area contributed by atoms with Crippen LogP contribution >= 0.6 is 18.2 Å². The second-order valence-corrected chi connectivity index (χ2v) is 8.25. The Morgan fingerprint density at radius 1 is 1.14 bits per heavy atom. The first-order chi connectivity index (χ1) is 10.7. The molecule has 22 heavy (non-hydrogen) atoms. The van der Waals surface area contributed by atoms with Crippen LogP contribution in [-0.4, -0.2) is 13.4 Å². The van der Waals surface area contributed by atoms with E-state index in [1.54, 1.807) is 25.1 Å². The van der Waals surface area contributed by atoms with Gasteiger partial charge in [0.1, 0.15) is 5.75 Å². The van der Waals surface area contributed by atoms with Crippen molar-refractivity contribution >= 4 is 18.2 Å². The van der Waals surface area contributed by atoms with E-state index in [1.807, 2.05) is 30.3 Å². The van der Waals surface area contributed by atoms with Gasteiger partial charge < -0.3 is 14.0 Å². The third-order valence-electron chi connectivity index (χ3n) is 2.81. The van der Waals surface area contributed by atoms with Crippen LogP contribution in [0.3, 0.4) is 0 Å². The number of hydrogen-bond donors (Lipinski definition) is 0. The minimum absolute atomic E-state index is 0.181. The number of hydrogen-bond acceptors (Lipinski definition) is 6. The predicted octanol–water partition coefficient (Wildman–Crippen LogP) is 4.73. The van der Waals surface area contributed by atoms with Crippen LogP contribution in [0.15, 0.2) is 53.4 Å². The Kier molecular flexibility index (Phi) is 4.62. The Bertz CT molecular complexity index is 692. The molecule has 0 spiro atoms. The lowest BCUT2D eigenvalue weighted by atomic mass is 10.3. The zero-order chi connectivity index (χ0) is 15.4. The fourth-order valence-corrected chi connectivity index (χ4v) is 5.25. The van der Waals surface area contributed by atoms with E-state index in [-0.39, 0.29) is 6.79 Å². The van der Waals surface area contributed by atoms with Gasteiger partial charge in [0.05, 0.1) is 6.61 Å². The van der Waals surface area contributed by atoms with Gasteiger partial charge in [-0.2, -0.15) is 0 Å². The first kappa shape index (κ1) is 15.3. The normalized spacial score (nSPS) is 15.3. The monoisotopic (exact) mass is 338 g/mol. The van der Waals surface area contributed by atoms with Crippen LogP contribution in [0.2, 0.25) is 0 Å². The summed E-state index contributed by atoms with van der Waals surface area (Å²) in [4.78, 5) is 0.819. The standard InChI is InChI=1S/C15H15O5PS/c1-2-19-21(16,22-13-6-4-3-5-7-13)20-12-8-9-14-15(10-12)18-11-17-14/h3-10H,2,11H2,1H3. The van der Waals surface area contributed by atoms with Crippen molar-refractivity contribution in [1.82, 2.24) is 0 Å². The minimum atomic E-state index is -3.37. The maximum absolute atomic E-state index is 12.9. The summed E-state index contributed by atoms with van der Waals surface area (Å²) in [5.41, 5.74) is 0. The van der Waals surface area contributed by atoms with Crippen LogP contribution < -0.4 is 14.0 Å². The minimum Gasteiger partial charge on any atom is -0.454 e. The molecule has 1 aliphatic rings. The number of fused-ring (bicyclic) bond motifs is 1. The number of rotatable bonds is 6. The molecule has 116 valence electrons. The summed E-state index contributed by atoms with van der Waals surface area (Å²) in [6.45, 7) is -1.11.